The van der Waals surface area contributed by atoms with Crippen molar-refractivity contribution in [2.24, 2.45) is 5.92 Å². The second kappa shape index (κ2) is 5.65. The lowest BCUT2D eigenvalue weighted by Gasteiger charge is -2.27. The third-order valence-corrected chi connectivity index (χ3v) is 3.74. The van der Waals surface area contributed by atoms with Crippen LogP contribution in [0.25, 0.3) is 0 Å². The lowest BCUT2D eigenvalue weighted by molar-refractivity contribution is 0.0785. The van der Waals surface area contributed by atoms with Crippen LogP contribution in [0.15, 0.2) is 12.3 Å². The number of hydrogen-bond acceptors (Lipinski definition) is 3. The molecule has 96 valence electrons. The Balaban J connectivity index is 1.96. The monoisotopic (exact) mass is 237 g/mol. The number of nitrogens with zero attached hydrogens (tertiary/aromatic N) is 2. The van der Waals surface area contributed by atoms with Gasteiger partial charge < -0.3 is 10.4 Å². The van der Waals surface area contributed by atoms with Gasteiger partial charge in [0.1, 0.15) is 0 Å². The first-order chi connectivity index (χ1) is 8.20. The van der Waals surface area contributed by atoms with E-state index in [1.165, 1.54) is 0 Å². The van der Waals surface area contributed by atoms with Crippen molar-refractivity contribution >= 4 is 0 Å². The zero-order valence-corrected chi connectivity index (χ0v) is 10.8. The number of aromatic nitrogens is 2. The normalized spacial score (nSPS) is 27.0. The number of piperidine rings is 1. The van der Waals surface area contributed by atoms with Gasteiger partial charge in [-0.25, -0.2) is 0 Å². The van der Waals surface area contributed by atoms with Crippen molar-refractivity contribution in [3.05, 3.63) is 18.0 Å². The van der Waals surface area contributed by atoms with E-state index in [0.717, 1.165) is 38.0 Å². The number of nitrogens with one attached hydrogen (secondary N) is 1. The topological polar surface area (TPSA) is 50.1 Å². The molecule has 1 aliphatic rings. The fraction of sp³-hybridized carbons (Fsp3) is 0.769. The molecule has 0 bridgehead atoms. The predicted molar refractivity (Wildman–Crippen MR) is 67.9 cm³/mol. The summed E-state index contributed by atoms with van der Waals surface area (Å²) >= 11 is 0. The first-order valence-corrected chi connectivity index (χ1v) is 6.63. The SMILES string of the molecule is CCC(C)n1ccc(CC2CNCCC2O)n1. The van der Waals surface area contributed by atoms with Crippen LogP contribution in [-0.2, 0) is 6.42 Å². The summed E-state index contributed by atoms with van der Waals surface area (Å²) < 4.78 is 2.03. The summed E-state index contributed by atoms with van der Waals surface area (Å²) in [5.41, 5.74) is 1.10. The standard InChI is InChI=1S/C13H23N3O/c1-3-10(2)16-7-5-12(15-16)8-11-9-14-6-4-13(11)17/h5,7,10-11,13-14,17H,3-4,6,8-9H2,1-2H3. The molecule has 0 aliphatic carbocycles. The van der Waals surface area contributed by atoms with Gasteiger partial charge in [-0.15, -0.1) is 0 Å². The highest BCUT2D eigenvalue weighted by Crippen LogP contribution is 2.17. The zero-order chi connectivity index (χ0) is 12.3. The molecule has 17 heavy (non-hydrogen) atoms. The van der Waals surface area contributed by atoms with Gasteiger partial charge in [-0.1, -0.05) is 6.92 Å². The maximum Gasteiger partial charge on any atom is 0.0628 e. The number of rotatable bonds is 4. The smallest absolute Gasteiger partial charge is 0.0628 e. The molecule has 0 radical (unpaired) electrons. The van der Waals surface area contributed by atoms with Crippen LogP contribution in [0, 0.1) is 5.92 Å². The van der Waals surface area contributed by atoms with Crippen molar-refractivity contribution in [1.82, 2.24) is 15.1 Å². The Hall–Kier alpha value is -0.870. The van der Waals surface area contributed by atoms with E-state index in [-0.39, 0.29) is 6.10 Å². The number of aliphatic hydroxyl groups excluding tert-OH is 1. The fourth-order valence-corrected chi connectivity index (χ4v) is 2.30. The lowest BCUT2D eigenvalue weighted by Crippen LogP contribution is -2.40. The Kier molecular flexibility index (Phi) is 4.18. The van der Waals surface area contributed by atoms with Crippen LogP contribution >= 0.6 is 0 Å². The van der Waals surface area contributed by atoms with Crippen LogP contribution in [0.2, 0.25) is 0 Å². The lowest BCUT2D eigenvalue weighted by atomic mass is 9.92. The highest BCUT2D eigenvalue weighted by atomic mass is 16.3. The van der Waals surface area contributed by atoms with Crippen LogP contribution in [0.3, 0.4) is 0 Å². The molecule has 2 heterocycles. The minimum atomic E-state index is -0.176. The van der Waals surface area contributed by atoms with E-state index in [2.05, 4.69) is 30.3 Å². The maximum atomic E-state index is 9.92. The van der Waals surface area contributed by atoms with Crippen molar-refractivity contribution in [1.29, 1.82) is 0 Å². The molecule has 0 amide bonds. The summed E-state index contributed by atoms with van der Waals surface area (Å²) in [5.74, 6) is 0.309. The van der Waals surface area contributed by atoms with Gasteiger partial charge in [-0.2, -0.15) is 5.10 Å². The van der Waals surface area contributed by atoms with Crippen LogP contribution < -0.4 is 5.32 Å². The van der Waals surface area contributed by atoms with E-state index in [1.807, 2.05) is 10.9 Å². The highest BCUT2D eigenvalue weighted by molar-refractivity contribution is 5.02. The Morgan fingerprint density at radius 3 is 3.18 bits per heavy atom. The molecule has 4 heteroatoms. The molecule has 0 aromatic carbocycles. The molecule has 1 aromatic rings. The molecule has 3 unspecified atom stereocenters. The van der Waals surface area contributed by atoms with Crippen LogP contribution in [0.5, 0.6) is 0 Å². The fourth-order valence-electron chi connectivity index (χ4n) is 2.30. The van der Waals surface area contributed by atoms with Crippen LogP contribution in [-0.4, -0.2) is 34.1 Å². The summed E-state index contributed by atoms with van der Waals surface area (Å²) in [6.45, 7) is 6.17. The molecule has 0 spiro atoms. The van der Waals surface area contributed by atoms with Gasteiger partial charge in [0.2, 0.25) is 0 Å². The molecule has 0 saturated carbocycles. The number of hydrogen-bond donors (Lipinski definition) is 2. The van der Waals surface area contributed by atoms with Crippen molar-refractivity contribution in [3.8, 4) is 0 Å². The van der Waals surface area contributed by atoms with Crippen LogP contribution in [0.1, 0.15) is 38.4 Å². The first-order valence-electron chi connectivity index (χ1n) is 6.63. The first kappa shape index (κ1) is 12.6. The third-order valence-electron chi connectivity index (χ3n) is 3.74. The second-order valence-electron chi connectivity index (χ2n) is 5.07. The quantitative estimate of drug-likeness (QED) is 0.831. The van der Waals surface area contributed by atoms with Gasteiger partial charge in [0.25, 0.3) is 0 Å². The van der Waals surface area contributed by atoms with E-state index in [4.69, 9.17) is 0 Å². The second-order valence-corrected chi connectivity index (χ2v) is 5.07. The third kappa shape index (κ3) is 3.07. The van der Waals surface area contributed by atoms with Gasteiger partial charge in [-0.3, -0.25) is 4.68 Å². The Labute approximate surface area is 103 Å². The average molecular weight is 237 g/mol. The molecule has 1 aromatic heterocycles. The molecule has 4 nitrogen and oxygen atoms in total. The van der Waals surface area contributed by atoms with Crippen molar-refractivity contribution in [2.45, 2.75) is 45.3 Å². The molecular weight excluding hydrogens is 214 g/mol. The van der Waals surface area contributed by atoms with Gasteiger partial charge in [0.15, 0.2) is 0 Å². The minimum Gasteiger partial charge on any atom is -0.393 e. The van der Waals surface area contributed by atoms with E-state index >= 15 is 0 Å². The van der Waals surface area contributed by atoms with Crippen molar-refractivity contribution < 1.29 is 5.11 Å². The summed E-state index contributed by atoms with van der Waals surface area (Å²) in [7, 11) is 0. The predicted octanol–water partition coefficient (Wildman–Crippen LogP) is 1.37. The molecular formula is C13H23N3O. The maximum absolute atomic E-state index is 9.92. The Morgan fingerprint density at radius 2 is 2.47 bits per heavy atom. The zero-order valence-electron chi connectivity index (χ0n) is 10.8. The highest BCUT2D eigenvalue weighted by Gasteiger charge is 2.23. The van der Waals surface area contributed by atoms with Gasteiger partial charge in [-0.05, 0) is 38.8 Å². The van der Waals surface area contributed by atoms with Crippen LogP contribution in [0.4, 0.5) is 0 Å². The summed E-state index contributed by atoms with van der Waals surface area (Å²) in [6.07, 6.45) is 4.69. The van der Waals surface area contributed by atoms with E-state index in [1.54, 1.807) is 0 Å². The summed E-state index contributed by atoms with van der Waals surface area (Å²) in [4.78, 5) is 0. The molecule has 3 atom stereocenters. The van der Waals surface area contributed by atoms with E-state index in [9.17, 15) is 5.11 Å². The molecule has 1 aliphatic heterocycles. The van der Waals surface area contributed by atoms with Crippen molar-refractivity contribution in [3.63, 3.8) is 0 Å². The molecule has 2 N–H and O–H groups in total. The summed E-state index contributed by atoms with van der Waals surface area (Å²) in [5, 5.41) is 17.8. The molecule has 1 saturated heterocycles. The van der Waals surface area contributed by atoms with Gasteiger partial charge in [0, 0.05) is 24.7 Å². The Bertz CT molecular complexity index is 350. The van der Waals surface area contributed by atoms with E-state index < -0.39 is 0 Å². The summed E-state index contributed by atoms with van der Waals surface area (Å²) in [6, 6.07) is 2.53. The average Bonchev–Trinajstić information content (AvgIpc) is 2.80. The van der Waals surface area contributed by atoms with Crippen molar-refractivity contribution in [2.75, 3.05) is 13.1 Å². The minimum absolute atomic E-state index is 0.176. The molecule has 1 fully saturated rings. The van der Waals surface area contributed by atoms with Gasteiger partial charge >= 0.3 is 0 Å². The number of aliphatic hydroxyl groups is 1. The molecule has 2 rings (SSSR count). The van der Waals surface area contributed by atoms with Gasteiger partial charge in [0.05, 0.1) is 11.8 Å². The van der Waals surface area contributed by atoms with E-state index in [0.29, 0.717) is 12.0 Å². The Morgan fingerprint density at radius 1 is 1.65 bits per heavy atom. The largest absolute Gasteiger partial charge is 0.393 e.